The number of ether oxygens (including phenoxy) is 1. The first-order valence-electron chi connectivity index (χ1n) is 9.08. The highest BCUT2D eigenvalue weighted by Crippen LogP contribution is 2.28. The molecule has 3 aromatic carbocycles. The Kier molecular flexibility index (Phi) is 4.36. The van der Waals surface area contributed by atoms with Crippen LogP contribution in [0.1, 0.15) is 62.7 Å². The molecule has 1 aliphatic carbocycles. The second-order valence-corrected chi connectivity index (χ2v) is 7.10. The van der Waals surface area contributed by atoms with Gasteiger partial charge in [0.25, 0.3) is 0 Å². The summed E-state index contributed by atoms with van der Waals surface area (Å²) in [6.07, 6.45) is 0. The highest BCUT2D eigenvalue weighted by molar-refractivity contribution is 6.28. The van der Waals surface area contributed by atoms with Gasteiger partial charge in [-0.15, -0.1) is 0 Å². The molecule has 4 rings (SSSR count). The number of benzene rings is 3. The van der Waals surface area contributed by atoms with E-state index in [-0.39, 0.29) is 11.6 Å². The zero-order chi connectivity index (χ0) is 19.0. The predicted octanol–water partition coefficient (Wildman–Crippen LogP) is 5.16. The summed E-state index contributed by atoms with van der Waals surface area (Å²) in [5.74, 6) is 1.05. The first-order chi connectivity index (χ1) is 13.0. The van der Waals surface area contributed by atoms with Crippen LogP contribution in [0, 0.1) is 0 Å². The maximum absolute atomic E-state index is 12.8. The van der Waals surface area contributed by atoms with E-state index in [2.05, 4.69) is 26.0 Å². The number of hydrogen-bond donors (Lipinski definition) is 0. The lowest BCUT2D eigenvalue weighted by Gasteiger charge is -2.18. The number of rotatable bonds is 4. The molecule has 1 aliphatic rings. The Morgan fingerprint density at radius 3 is 1.96 bits per heavy atom. The van der Waals surface area contributed by atoms with Gasteiger partial charge in [-0.2, -0.15) is 0 Å². The molecule has 0 aliphatic heterocycles. The summed E-state index contributed by atoms with van der Waals surface area (Å²) in [5.41, 5.74) is 3.99. The van der Waals surface area contributed by atoms with Gasteiger partial charge >= 0.3 is 0 Å². The van der Waals surface area contributed by atoms with Gasteiger partial charge in [0.05, 0.1) is 0 Å². The lowest BCUT2D eigenvalue weighted by atomic mass is 9.83. The first-order valence-corrected chi connectivity index (χ1v) is 9.08. The van der Waals surface area contributed by atoms with Crippen LogP contribution in [0.15, 0.2) is 66.7 Å². The molecule has 3 nitrogen and oxygen atoms in total. The molecule has 0 unspecified atom stereocenters. The van der Waals surface area contributed by atoms with E-state index in [1.807, 2.05) is 18.2 Å². The van der Waals surface area contributed by atoms with Crippen molar-refractivity contribution in [2.75, 3.05) is 0 Å². The van der Waals surface area contributed by atoms with E-state index in [9.17, 15) is 9.59 Å². The maximum atomic E-state index is 12.8. The standard InChI is InChI=1S/C24H20O3/c1-15(2)17-8-10-18(11-9-17)27-14-16-7-12-21-22(13-16)24(26)20-6-4-3-5-19(20)23(21)25/h3-13,15H,14H2,1-2H3. The molecule has 27 heavy (non-hydrogen) atoms. The lowest BCUT2D eigenvalue weighted by molar-refractivity contribution is 0.0979. The third-order valence-corrected chi connectivity index (χ3v) is 4.94. The van der Waals surface area contributed by atoms with Gasteiger partial charge in [-0.05, 0) is 41.3 Å². The minimum Gasteiger partial charge on any atom is -0.489 e. The van der Waals surface area contributed by atoms with Crippen LogP contribution >= 0.6 is 0 Å². The molecule has 134 valence electrons. The van der Waals surface area contributed by atoms with Crippen LogP contribution in [-0.4, -0.2) is 11.6 Å². The van der Waals surface area contributed by atoms with Crippen molar-refractivity contribution in [3.8, 4) is 5.75 Å². The van der Waals surface area contributed by atoms with Gasteiger partial charge in [0.2, 0.25) is 0 Å². The molecule has 0 aromatic heterocycles. The van der Waals surface area contributed by atoms with Gasteiger partial charge < -0.3 is 4.74 Å². The lowest BCUT2D eigenvalue weighted by Crippen LogP contribution is -2.21. The quantitative estimate of drug-likeness (QED) is 0.507. The molecule has 0 amide bonds. The van der Waals surface area contributed by atoms with Gasteiger partial charge in [0, 0.05) is 22.3 Å². The van der Waals surface area contributed by atoms with Gasteiger partial charge in [-0.1, -0.05) is 56.3 Å². The summed E-state index contributed by atoms with van der Waals surface area (Å²) in [6.45, 7) is 4.65. The third kappa shape index (κ3) is 3.17. The highest BCUT2D eigenvalue weighted by atomic mass is 16.5. The Labute approximate surface area is 158 Å². The Bertz CT molecular complexity index is 1030. The molecule has 3 heteroatoms. The molecule has 0 bridgehead atoms. The largest absolute Gasteiger partial charge is 0.489 e. The Balaban J connectivity index is 1.56. The molecule has 0 heterocycles. The average molecular weight is 356 g/mol. The zero-order valence-electron chi connectivity index (χ0n) is 15.4. The molecule has 0 saturated heterocycles. The van der Waals surface area contributed by atoms with Crippen molar-refractivity contribution in [2.24, 2.45) is 0 Å². The van der Waals surface area contributed by atoms with Crippen molar-refractivity contribution in [1.82, 2.24) is 0 Å². The molecular formula is C24H20O3. The van der Waals surface area contributed by atoms with Gasteiger partial charge in [-0.3, -0.25) is 9.59 Å². The highest BCUT2D eigenvalue weighted by Gasteiger charge is 2.29. The normalized spacial score (nSPS) is 12.7. The Morgan fingerprint density at radius 1 is 0.741 bits per heavy atom. The molecular weight excluding hydrogens is 336 g/mol. The minimum atomic E-state index is -0.108. The van der Waals surface area contributed by atoms with E-state index in [1.54, 1.807) is 36.4 Å². The Morgan fingerprint density at radius 2 is 1.33 bits per heavy atom. The van der Waals surface area contributed by atoms with E-state index >= 15 is 0 Å². The number of fused-ring (bicyclic) bond motifs is 2. The van der Waals surface area contributed by atoms with Crippen LogP contribution in [0.5, 0.6) is 5.75 Å². The van der Waals surface area contributed by atoms with E-state index < -0.39 is 0 Å². The zero-order valence-corrected chi connectivity index (χ0v) is 15.4. The fourth-order valence-corrected chi connectivity index (χ4v) is 3.35. The van der Waals surface area contributed by atoms with Gasteiger partial charge in [0.15, 0.2) is 11.6 Å². The van der Waals surface area contributed by atoms with Crippen molar-refractivity contribution in [3.05, 3.63) is 100 Å². The van der Waals surface area contributed by atoms with Gasteiger partial charge in [-0.25, -0.2) is 0 Å². The molecule has 0 saturated carbocycles. The fraction of sp³-hybridized carbons (Fsp3) is 0.167. The fourth-order valence-electron chi connectivity index (χ4n) is 3.35. The predicted molar refractivity (Wildman–Crippen MR) is 105 cm³/mol. The summed E-state index contributed by atoms with van der Waals surface area (Å²) in [7, 11) is 0. The van der Waals surface area contributed by atoms with Crippen molar-refractivity contribution >= 4 is 11.6 Å². The Hall–Kier alpha value is -3.20. The van der Waals surface area contributed by atoms with E-state index in [0.29, 0.717) is 34.8 Å². The van der Waals surface area contributed by atoms with Crippen molar-refractivity contribution in [1.29, 1.82) is 0 Å². The van der Waals surface area contributed by atoms with Crippen LogP contribution in [0.2, 0.25) is 0 Å². The smallest absolute Gasteiger partial charge is 0.194 e. The summed E-state index contributed by atoms with van der Waals surface area (Å²) in [5, 5.41) is 0. The molecule has 3 aromatic rings. The van der Waals surface area contributed by atoms with Crippen LogP contribution in [-0.2, 0) is 6.61 Å². The van der Waals surface area contributed by atoms with Crippen LogP contribution in [0.3, 0.4) is 0 Å². The second kappa shape index (κ2) is 6.84. The average Bonchev–Trinajstić information content (AvgIpc) is 2.70. The van der Waals surface area contributed by atoms with Crippen molar-refractivity contribution in [3.63, 3.8) is 0 Å². The third-order valence-electron chi connectivity index (χ3n) is 4.94. The van der Waals surface area contributed by atoms with Gasteiger partial charge in [0.1, 0.15) is 12.4 Å². The SMILES string of the molecule is CC(C)c1ccc(OCc2ccc3c(c2)C(=O)c2ccccc2C3=O)cc1. The van der Waals surface area contributed by atoms with Crippen LogP contribution in [0.25, 0.3) is 0 Å². The molecule has 0 atom stereocenters. The first kappa shape index (κ1) is 17.2. The number of carbonyl (C=O) groups is 2. The van der Waals surface area contributed by atoms with E-state index in [0.717, 1.165) is 11.3 Å². The van der Waals surface area contributed by atoms with Crippen molar-refractivity contribution in [2.45, 2.75) is 26.4 Å². The van der Waals surface area contributed by atoms with Crippen LogP contribution in [0.4, 0.5) is 0 Å². The van der Waals surface area contributed by atoms with Crippen LogP contribution < -0.4 is 4.74 Å². The summed E-state index contributed by atoms with van der Waals surface area (Å²) >= 11 is 0. The minimum absolute atomic E-state index is 0.100. The number of hydrogen-bond acceptors (Lipinski definition) is 3. The number of carbonyl (C=O) groups excluding carboxylic acids is 2. The molecule has 0 fully saturated rings. The summed E-state index contributed by atoms with van der Waals surface area (Å²) in [4.78, 5) is 25.4. The monoisotopic (exact) mass is 356 g/mol. The summed E-state index contributed by atoms with van der Waals surface area (Å²) < 4.78 is 5.85. The van der Waals surface area contributed by atoms with E-state index in [1.165, 1.54) is 5.56 Å². The maximum Gasteiger partial charge on any atom is 0.194 e. The molecule has 0 spiro atoms. The molecule has 0 radical (unpaired) electrons. The topological polar surface area (TPSA) is 43.4 Å². The second-order valence-electron chi connectivity index (χ2n) is 7.10. The van der Waals surface area contributed by atoms with Crippen molar-refractivity contribution < 1.29 is 14.3 Å². The van der Waals surface area contributed by atoms with E-state index in [4.69, 9.17) is 4.74 Å². The summed E-state index contributed by atoms with van der Waals surface area (Å²) in [6, 6.07) is 20.4. The molecule has 0 N–H and O–H groups in total. The number of ketones is 2.